The maximum absolute atomic E-state index is 12.1. The van der Waals surface area contributed by atoms with Gasteiger partial charge in [0.2, 0.25) is 0 Å². The number of carbonyl (C=O) groups excluding carboxylic acids is 1. The molecule has 0 atom stereocenters. The zero-order chi connectivity index (χ0) is 22.9. The van der Waals surface area contributed by atoms with Crippen molar-refractivity contribution in [3.63, 3.8) is 0 Å². The Morgan fingerprint density at radius 3 is 2.47 bits per heavy atom. The van der Waals surface area contributed by atoms with Crippen molar-refractivity contribution in [3.8, 4) is 28.9 Å². The minimum absolute atomic E-state index is 0.207. The first-order valence-corrected chi connectivity index (χ1v) is 9.83. The van der Waals surface area contributed by atoms with Gasteiger partial charge in [0.05, 0.1) is 13.7 Å². The Morgan fingerprint density at radius 2 is 1.78 bits per heavy atom. The fourth-order valence-electron chi connectivity index (χ4n) is 3.11. The molecule has 0 unspecified atom stereocenters. The summed E-state index contributed by atoms with van der Waals surface area (Å²) in [4.78, 5) is 12.1. The number of esters is 1. The molecule has 3 aromatic rings. The third-order valence-corrected chi connectivity index (χ3v) is 4.77. The molecule has 7 heteroatoms. The number of nitrogen functional groups attached to an aromatic ring is 2. The largest absolute Gasteiger partial charge is 0.496 e. The van der Waals surface area contributed by atoms with Crippen LogP contribution in [-0.4, -0.2) is 19.7 Å². The summed E-state index contributed by atoms with van der Waals surface area (Å²) in [6.45, 7) is 0.207. The molecule has 32 heavy (non-hydrogen) atoms. The predicted octanol–water partition coefficient (Wildman–Crippen LogP) is 4.19. The molecule has 3 rings (SSSR count). The normalized spacial score (nSPS) is 10.5. The molecule has 0 saturated carbocycles. The van der Waals surface area contributed by atoms with E-state index in [4.69, 9.17) is 30.9 Å². The summed E-state index contributed by atoms with van der Waals surface area (Å²) in [5, 5.41) is 8.58. The standard InChI is InChI=1S/C25H23N3O4/c1-30-24-14-20(17-5-9-22(10-6-17)32-16-26)3-2-19(24)7-11-25(29)31-13-12-18-4-8-21(27)15-23(18)28/h2-11,14-15H,12-13,27-28H2,1H3/b11-7+. The molecule has 0 aliphatic carbocycles. The summed E-state index contributed by atoms with van der Waals surface area (Å²) < 4.78 is 15.5. The third-order valence-electron chi connectivity index (χ3n) is 4.77. The van der Waals surface area contributed by atoms with E-state index in [2.05, 4.69) is 0 Å². The minimum Gasteiger partial charge on any atom is -0.496 e. The Hall–Kier alpha value is -4.44. The number of carbonyl (C=O) groups is 1. The number of hydrogen-bond acceptors (Lipinski definition) is 7. The van der Waals surface area contributed by atoms with E-state index >= 15 is 0 Å². The molecule has 162 valence electrons. The van der Waals surface area contributed by atoms with E-state index in [1.807, 2.05) is 36.4 Å². The molecular weight excluding hydrogens is 406 g/mol. The molecule has 0 heterocycles. The van der Waals surface area contributed by atoms with Crippen molar-refractivity contribution in [2.45, 2.75) is 6.42 Å². The van der Waals surface area contributed by atoms with E-state index in [0.717, 1.165) is 22.3 Å². The average Bonchev–Trinajstić information content (AvgIpc) is 2.80. The molecule has 0 spiro atoms. The maximum atomic E-state index is 12.1. The van der Waals surface area contributed by atoms with Crippen LogP contribution in [0.5, 0.6) is 11.5 Å². The molecular formula is C25H23N3O4. The number of benzene rings is 3. The van der Waals surface area contributed by atoms with Crippen LogP contribution in [0.1, 0.15) is 11.1 Å². The molecule has 0 amide bonds. The van der Waals surface area contributed by atoms with E-state index in [1.165, 1.54) is 6.08 Å². The van der Waals surface area contributed by atoms with Crippen molar-refractivity contribution in [3.05, 3.63) is 77.9 Å². The van der Waals surface area contributed by atoms with E-state index in [-0.39, 0.29) is 6.61 Å². The quantitative estimate of drug-likeness (QED) is 0.238. The second kappa shape index (κ2) is 10.5. The molecule has 0 aliphatic heterocycles. The molecule has 0 fully saturated rings. The molecule has 0 aromatic heterocycles. The Kier molecular flexibility index (Phi) is 7.33. The van der Waals surface area contributed by atoms with Crippen molar-refractivity contribution in [1.29, 1.82) is 5.26 Å². The maximum Gasteiger partial charge on any atom is 0.330 e. The lowest BCUT2D eigenvalue weighted by atomic mass is 10.0. The van der Waals surface area contributed by atoms with Gasteiger partial charge in [-0.05, 0) is 53.1 Å². The van der Waals surface area contributed by atoms with Crippen LogP contribution >= 0.6 is 0 Å². The first kappa shape index (κ1) is 22.2. The van der Waals surface area contributed by atoms with Gasteiger partial charge in [-0.3, -0.25) is 0 Å². The van der Waals surface area contributed by atoms with Gasteiger partial charge in [0.25, 0.3) is 6.26 Å². The first-order chi connectivity index (χ1) is 15.5. The zero-order valence-corrected chi connectivity index (χ0v) is 17.6. The van der Waals surface area contributed by atoms with Crippen LogP contribution in [-0.2, 0) is 16.0 Å². The average molecular weight is 429 g/mol. The SMILES string of the molecule is COc1cc(-c2ccc(OC#N)cc2)ccc1/C=C/C(=O)OCCc1ccc(N)cc1N. The van der Waals surface area contributed by atoms with Crippen LogP contribution in [0.4, 0.5) is 11.4 Å². The van der Waals surface area contributed by atoms with Crippen LogP contribution in [0.15, 0.2) is 66.7 Å². The van der Waals surface area contributed by atoms with Crippen molar-refractivity contribution in [1.82, 2.24) is 0 Å². The highest BCUT2D eigenvalue weighted by Crippen LogP contribution is 2.29. The Labute approximate surface area is 186 Å². The van der Waals surface area contributed by atoms with Gasteiger partial charge in [-0.2, -0.15) is 0 Å². The number of anilines is 2. The van der Waals surface area contributed by atoms with Crippen molar-refractivity contribution in [2.75, 3.05) is 25.2 Å². The minimum atomic E-state index is -0.460. The van der Waals surface area contributed by atoms with Crippen LogP contribution in [0.2, 0.25) is 0 Å². The second-order valence-corrected chi connectivity index (χ2v) is 6.88. The molecule has 4 N–H and O–H groups in total. The fourth-order valence-corrected chi connectivity index (χ4v) is 3.11. The van der Waals surface area contributed by atoms with Crippen LogP contribution in [0.25, 0.3) is 17.2 Å². The van der Waals surface area contributed by atoms with Gasteiger partial charge in [0, 0.05) is 29.4 Å². The van der Waals surface area contributed by atoms with Gasteiger partial charge in [-0.15, -0.1) is 5.26 Å². The monoisotopic (exact) mass is 429 g/mol. The van der Waals surface area contributed by atoms with Crippen molar-refractivity contribution < 1.29 is 19.0 Å². The van der Waals surface area contributed by atoms with Crippen molar-refractivity contribution >= 4 is 23.4 Å². The Morgan fingerprint density at radius 1 is 1.03 bits per heavy atom. The lowest BCUT2D eigenvalue weighted by molar-refractivity contribution is -0.137. The lowest BCUT2D eigenvalue weighted by Gasteiger charge is -2.09. The summed E-state index contributed by atoms with van der Waals surface area (Å²) in [5.74, 6) is 0.622. The number of hydrogen-bond donors (Lipinski definition) is 2. The number of ether oxygens (including phenoxy) is 3. The van der Waals surface area contributed by atoms with Gasteiger partial charge in [0.1, 0.15) is 11.5 Å². The van der Waals surface area contributed by atoms with E-state index in [9.17, 15) is 4.79 Å². The van der Waals surface area contributed by atoms with Crippen molar-refractivity contribution in [2.24, 2.45) is 0 Å². The van der Waals surface area contributed by atoms with Crippen LogP contribution in [0.3, 0.4) is 0 Å². The van der Waals surface area contributed by atoms with Crippen LogP contribution in [0, 0.1) is 11.5 Å². The molecule has 3 aromatic carbocycles. The Bertz CT molecular complexity index is 1160. The van der Waals surface area contributed by atoms with Gasteiger partial charge in [-0.25, -0.2) is 4.79 Å². The van der Waals surface area contributed by atoms with Gasteiger partial charge in [0.15, 0.2) is 0 Å². The number of nitrogens with zero attached hydrogens (tertiary/aromatic N) is 1. The summed E-state index contributed by atoms with van der Waals surface area (Å²) in [7, 11) is 1.57. The van der Waals surface area contributed by atoms with E-state index in [1.54, 1.807) is 43.7 Å². The molecule has 0 aliphatic rings. The first-order valence-electron chi connectivity index (χ1n) is 9.83. The second-order valence-electron chi connectivity index (χ2n) is 6.88. The van der Waals surface area contributed by atoms with Gasteiger partial charge < -0.3 is 25.7 Å². The summed E-state index contributed by atoms with van der Waals surface area (Å²) in [5.41, 5.74) is 16.2. The summed E-state index contributed by atoms with van der Waals surface area (Å²) in [6, 6.07) is 18.0. The Balaban J connectivity index is 1.62. The highest BCUT2D eigenvalue weighted by molar-refractivity contribution is 5.88. The van der Waals surface area contributed by atoms with E-state index in [0.29, 0.717) is 29.3 Å². The number of rotatable bonds is 8. The van der Waals surface area contributed by atoms with E-state index < -0.39 is 5.97 Å². The fraction of sp³-hybridized carbons (Fsp3) is 0.120. The number of nitriles is 1. The third kappa shape index (κ3) is 5.80. The smallest absolute Gasteiger partial charge is 0.330 e. The predicted molar refractivity (Wildman–Crippen MR) is 124 cm³/mol. The summed E-state index contributed by atoms with van der Waals surface area (Å²) in [6.07, 6.45) is 5.15. The van der Waals surface area contributed by atoms with Gasteiger partial charge >= 0.3 is 5.97 Å². The zero-order valence-electron chi connectivity index (χ0n) is 17.6. The topological polar surface area (TPSA) is 121 Å². The molecule has 0 saturated heterocycles. The number of nitrogens with two attached hydrogens (primary N) is 2. The highest BCUT2D eigenvalue weighted by Gasteiger charge is 2.07. The van der Waals surface area contributed by atoms with Gasteiger partial charge in [-0.1, -0.05) is 30.3 Å². The lowest BCUT2D eigenvalue weighted by Crippen LogP contribution is -2.06. The molecule has 0 radical (unpaired) electrons. The number of methoxy groups -OCH3 is 1. The highest BCUT2D eigenvalue weighted by atomic mass is 16.5. The summed E-state index contributed by atoms with van der Waals surface area (Å²) >= 11 is 0. The van der Waals surface area contributed by atoms with Crippen LogP contribution < -0.4 is 20.9 Å². The molecule has 7 nitrogen and oxygen atoms in total. The molecule has 0 bridgehead atoms.